The molecule has 0 bridgehead atoms. The highest BCUT2D eigenvalue weighted by molar-refractivity contribution is 5.48. The molecule has 1 aliphatic rings. The molecule has 0 radical (unpaired) electrons. The Morgan fingerprint density at radius 2 is 1.56 bits per heavy atom. The monoisotopic (exact) mass is 246 g/mol. The lowest BCUT2D eigenvalue weighted by atomic mass is 9.83. The first kappa shape index (κ1) is 13.4. The number of anilines is 1. The van der Waals surface area contributed by atoms with Crippen molar-refractivity contribution in [1.82, 2.24) is 0 Å². The van der Waals surface area contributed by atoms with E-state index in [-0.39, 0.29) is 11.5 Å². The van der Waals surface area contributed by atoms with Gasteiger partial charge in [-0.05, 0) is 42.4 Å². The summed E-state index contributed by atoms with van der Waals surface area (Å²) in [5.74, 6) is 0. The summed E-state index contributed by atoms with van der Waals surface area (Å²) in [6.45, 7) is 8.97. The standard InChI is InChI=1S/C16H26N2/c1-16(2,3)15(17)13-7-9-14(10-8-13)18-11-5-4-6-12-18/h7-10,15H,4-6,11-12,17H2,1-3H3/t15-/m0/s1. The van der Waals surface area contributed by atoms with Crippen LogP contribution in [0.15, 0.2) is 24.3 Å². The van der Waals surface area contributed by atoms with Crippen molar-refractivity contribution in [3.8, 4) is 0 Å². The van der Waals surface area contributed by atoms with Crippen LogP contribution in [0.1, 0.15) is 51.6 Å². The first-order valence-corrected chi connectivity index (χ1v) is 7.09. The van der Waals surface area contributed by atoms with Gasteiger partial charge >= 0.3 is 0 Å². The fourth-order valence-electron chi connectivity index (χ4n) is 2.54. The molecular formula is C16H26N2. The predicted molar refractivity (Wildman–Crippen MR) is 78.9 cm³/mol. The van der Waals surface area contributed by atoms with Gasteiger partial charge in [0.25, 0.3) is 0 Å². The number of hydrogen-bond donors (Lipinski definition) is 1. The zero-order valence-corrected chi connectivity index (χ0v) is 11.9. The number of nitrogens with zero attached hydrogens (tertiary/aromatic N) is 1. The number of rotatable bonds is 2. The average molecular weight is 246 g/mol. The fraction of sp³-hybridized carbons (Fsp3) is 0.625. The van der Waals surface area contributed by atoms with Crippen LogP contribution in [-0.4, -0.2) is 13.1 Å². The van der Waals surface area contributed by atoms with E-state index in [4.69, 9.17) is 5.73 Å². The Kier molecular flexibility index (Phi) is 3.96. The van der Waals surface area contributed by atoms with Crippen molar-refractivity contribution in [3.63, 3.8) is 0 Å². The topological polar surface area (TPSA) is 29.3 Å². The van der Waals surface area contributed by atoms with E-state index in [9.17, 15) is 0 Å². The van der Waals surface area contributed by atoms with Crippen molar-refractivity contribution < 1.29 is 0 Å². The van der Waals surface area contributed by atoms with E-state index < -0.39 is 0 Å². The van der Waals surface area contributed by atoms with E-state index in [2.05, 4.69) is 49.9 Å². The Labute approximate surface area is 111 Å². The molecular weight excluding hydrogens is 220 g/mol. The molecule has 100 valence electrons. The van der Waals surface area contributed by atoms with E-state index in [1.54, 1.807) is 0 Å². The maximum atomic E-state index is 6.29. The first-order valence-electron chi connectivity index (χ1n) is 7.09. The van der Waals surface area contributed by atoms with Gasteiger partial charge in [0.1, 0.15) is 0 Å². The van der Waals surface area contributed by atoms with Gasteiger partial charge in [0.05, 0.1) is 0 Å². The van der Waals surface area contributed by atoms with Crippen LogP contribution in [0.2, 0.25) is 0 Å². The Morgan fingerprint density at radius 3 is 2.06 bits per heavy atom. The van der Waals surface area contributed by atoms with Crippen LogP contribution >= 0.6 is 0 Å². The SMILES string of the molecule is CC(C)(C)[C@@H](N)c1ccc(N2CCCCC2)cc1. The van der Waals surface area contributed by atoms with Crippen molar-refractivity contribution in [2.75, 3.05) is 18.0 Å². The van der Waals surface area contributed by atoms with Crippen LogP contribution in [0.5, 0.6) is 0 Å². The zero-order chi connectivity index (χ0) is 13.2. The zero-order valence-electron chi connectivity index (χ0n) is 11.9. The molecule has 1 aromatic rings. The number of hydrogen-bond acceptors (Lipinski definition) is 2. The molecule has 2 N–H and O–H groups in total. The van der Waals surface area contributed by atoms with Crippen molar-refractivity contribution in [2.45, 2.75) is 46.1 Å². The summed E-state index contributed by atoms with van der Waals surface area (Å²) in [4.78, 5) is 2.48. The van der Waals surface area contributed by atoms with E-state index in [0.29, 0.717) is 0 Å². The fourth-order valence-corrected chi connectivity index (χ4v) is 2.54. The van der Waals surface area contributed by atoms with Crippen LogP contribution in [0.25, 0.3) is 0 Å². The molecule has 0 saturated carbocycles. The largest absolute Gasteiger partial charge is 0.372 e. The van der Waals surface area contributed by atoms with Gasteiger partial charge < -0.3 is 10.6 Å². The van der Waals surface area contributed by atoms with Crippen molar-refractivity contribution in [2.24, 2.45) is 11.1 Å². The summed E-state index contributed by atoms with van der Waals surface area (Å²) >= 11 is 0. The molecule has 0 amide bonds. The van der Waals surface area contributed by atoms with Crippen molar-refractivity contribution in [3.05, 3.63) is 29.8 Å². The minimum absolute atomic E-state index is 0.105. The first-order chi connectivity index (χ1) is 8.48. The molecule has 1 heterocycles. The molecule has 1 fully saturated rings. The summed E-state index contributed by atoms with van der Waals surface area (Å²) in [7, 11) is 0. The molecule has 2 heteroatoms. The minimum atomic E-state index is 0.105. The summed E-state index contributed by atoms with van der Waals surface area (Å²) in [6, 6.07) is 8.95. The lowest BCUT2D eigenvalue weighted by Gasteiger charge is -2.30. The normalized spacial score (nSPS) is 18.8. The second kappa shape index (κ2) is 5.31. The second-order valence-corrected chi connectivity index (χ2v) is 6.48. The number of benzene rings is 1. The van der Waals surface area contributed by atoms with Gasteiger partial charge in [0.2, 0.25) is 0 Å². The van der Waals surface area contributed by atoms with Crippen LogP contribution in [0.3, 0.4) is 0 Å². The molecule has 0 aliphatic carbocycles. The molecule has 1 aromatic carbocycles. The molecule has 2 rings (SSSR count). The lowest BCUT2D eigenvalue weighted by Crippen LogP contribution is -2.29. The molecule has 1 aliphatic heterocycles. The predicted octanol–water partition coefficient (Wildman–Crippen LogP) is 3.72. The van der Waals surface area contributed by atoms with Gasteiger partial charge in [0.15, 0.2) is 0 Å². The van der Waals surface area contributed by atoms with E-state index >= 15 is 0 Å². The summed E-state index contributed by atoms with van der Waals surface area (Å²) in [5.41, 5.74) is 8.99. The van der Waals surface area contributed by atoms with Crippen LogP contribution in [-0.2, 0) is 0 Å². The molecule has 0 unspecified atom stereocenters. The molecule has 0 aromatic heterocycles. The van der Waals surface area contributed by atoms with Gasteiger partial charge in [-0.3, -0.25) is 0 Å². The van der Waals surface area contributed by atoms with Gasteiger partial charge in [-0.1, -0.05) is 32.9 Å². The van der Waals surface area contributed by atoms with Crippen LogP contribution in [0, 0.1) is 5.41 Å². The number of nitrogens with two attached hydrogens (primary N) is 1. The van der Waals surface area contributed by atoms with E-state index in [0.717, 1.165) is 0 Å². The highest BCUT2D eigenvalue weighted by atomic mass is 15.1. The van der Waals surface area contributed by atoms with Gasteiger partial charge in [0, 0.05) is 24.8 Å². The maximum absolute atomic E-state index is 6.29. The Hall–Kier alpha value is -1.02. The van der Waals surface area contributed by atoms with E-state index in [1.165, 1.54) is 43.6 Å². The van der Waals surface area contributed by atoms with E-state index in [1.807, 2.05) is 0 Å². The van der Waals surface area contributed by atoms with Gasteiger partial charge in [-0.15, -0.1) is 0 Å². The smallest absolute Gasteiger partial charge is 0.0366 e. The quantitative estimate of drug-likeness (QED) is 0.861. The molecule has 0 spiro atoms. The molecule has 1 atom stereocenters. The third-order valence-electron chi connectivity index (χ3n) is 3.91. The second-order valence-electron chi connectivity index (χ2n) is 6.48. The minimum Gasteiger partial charge on any atom is -0.372 e. The number of piperidine rings is 1. The average Bonchev–Trinajstić information content (AvgIpc) is 2.38. The Balaban J connectivity index is 2.09. The van der Waals surface area contributed by atoms with Gasteiger partial charge in [-0.2, -0.15) is 0 Å². The van der Waals surface area contributed by atoms with Crippen molar-refractivity contribution >= 4 is 5.69 Å². The van der Waals surface area contributed by atoms with Crippen LogP contribution < -0.4 is 10.6 Å². The van der Waals surface area contributed by atoms with Crippen molar-refractivity contribution in [1.29, 1.82) is 0 Å². The molecule has 1 saturated heterocycles. The van der Waals surface area contributed by atoms with Crippen LogP contribution in [0.4, 0.5) is 5.69 Å². The molecule has 2 nitrogen and oxygen atoms in total. The summed E-state index contributed by atoms with van der Waals surface area (Å²) < 4.78 is 0. The summed E-state index contributed by atoms with van der Waals surface area (Å²) in [5, 5.41) is 0. The lowest BCUT2D eigenvalue weighted by molar-refractivity contribution is 0.327. The third kappa shape index (κ3) is 3.05. The molecule has 18 heavy (non-hydrogen) atoms. The third-order valence-corrected chi connectivity index (χ3v) is 3.91. The summed E-state index contributed by atoms with van der Waals surface area (Å²) in [6.07, 6.45) is 4.02. The highest BCUT2D eigenvalue weighted by Gasteiger charge is 2.22. The Bertz CT molecular complexity index is 369. The van der Waals surface area contributed by atoms with Gasteiger partial charge in [-0.25, -0.2) is 0 Å². The maximum Gasteiger partial charge on any atom is 0.0366 e. The highest BCUT2D eigenvalue weighted by Crippen LogP contribution is 2.31. The Morgan fingerprint density at radius 1 is 1.00 bits per heavy atom.